The molecule has 1 aromatic carbocycles. The molecule has 4 atom stereocenters. The first-order valence-corrected chi connectivity index (χ1v) is 9.21. The molecule has 0 aliphatic heterocycles. The molecule has 1 heterocycles. The Bertz CT molecular complexity index is 828. The van der Waals surface area contributed by atoms with Crippen molar-refractivity contribution in [2.45, 2.75) is 38.2 Å². The van der Waals surface area contributed by atoms with Crippen molar-refractivity contribution in [3.63, 3.8) is 0 Å². The minimum Gasteiger partial charge on any atom is -0.393 e. The molecule has 7 nitrogen and oxygen atoms in total. The zero-order chi connectivity index (χ0) is 18.3. The van der Waals surface area contributed by atoms with Crippen LogP contribution in [0.2, 0.25) is 0 Å². The lowest BCUT2D eigenvalue weighted by Gasteiger charge is -2.40. The smallest absolute Gasteiger partial charge is 0.290 e. The van der Waals surface area contributed by atoms with Crippen LogP contribution < -0.4 is 10.9 Å². The second kappa shape index (κ2) is 6.72. The summed E-state index contributed by atoms with van der Waals surface area (Å²) in [4.78, 5) is 25.0. The molecular weight excluding hydrogens is 332 g/mol. The molecule has 1 aromatic heterocycles. The second-order valence-electron chi connectivity index (χ2n) is 7.69. The number of benzene rings is 1. The minimum absolute atomic E-state index is 0.105. The van der Waals surface area contributed by atoms with Gasteiger partial charge in [0.2, 0.25) is 5.91 Å². The van der Waals surface area contributed by atoms with Crippen molar-refractivity contribution in [3.05, 3.63) is 30.0 Å². The van der Waals surface area contributed by atoms with Crippen LogP contribution in [-0.2, 0) is 11.8 Å². The molecule has 2 unspecified atom stereocenters. The topological polar surface area (TPSA) is 96.3 Å². The predicted molar refractivity (Wildman–Crippen MR) is 95.9 cm³/mol. The van der Waals surface area contributed by atoms with E-state index in [9.17, 15) is 14.7 Å². The summed E-state index contributed by atoms with van der Waals surface area (Å²) in [7, 11) is 1.78. The summed E-state index contributed by atoms with van der Waals surface area (Å²) in [6.07, 6.45) is 4.01. The van der Waals surface area contributed by atoms with E-state index in [0.29, 0.717) is 17.5 Å². The van der Waals surface area contributed by atoms with Gasteiger partial charge in [-0.2, -0.15) is 5.10 Å². The van der Waals surface area contributed by atoms with Gasteiger partial charge in [-0.05, 0) is 50.0 Å². The lowest BCUT2D eigenvalue weighted by Crippen LogP contribution is -2.47. The summed E-state index contributed by atoms with van der Waals surface area (Å²) < 4.78 is 1.65. The number of aliphatic hydroxyl groups excluding tert-OH is 1. The van der Waals surface area contributed by atoms with E-state index in [1.807, 2.05) is 24.3 Å². The molecule has 3 N–H and O–H groups in total. The maximum atomic E-state index is 12.5. The standard InChI is InChI=1S/C19H24N4O3/c1-23-16-5-3-2-4-15(16)17(22-23)19(26)21-20-18(25)13-7-11-6-12(8-13)10-14(24)9-11/h2-5,11-14,24H,6-10H2,1H3,(H,20,25)(H,21,26)/t11-,12+,13?,14?. The molecular formula is C19H24N4O3. The van der Waals surface area contributed by atoms with Gasteiger partial charge in [-0.25, -0.2) is 0 Å². The van der Waals surface area contributed by atoms with E-state index in [1.54, 1.807) is 11.7 Å². The zero-order valence-corrected chi connectivity index (χ0v) is 14.8. The number of hydrazine groups is 1. The van der Waals surface area contributed by atoms with Crippen molar-refractivity contribution in [3.8, 4) is 0 Å². The first-order chi connectivity index (χ1) is 12.5. The van der Waals surface area contributed by atoms with E-state index in [-0.39, 0.29) is 17.9 Å². The maximum absolute atomic E-state index is 12.5. The minimum atomic E-state index is -0.415. The molecule has 2 saturated carbocycles. The van der Waals surface area contributed by atoms with Gasteiger partial charge >= 0.3 is 0 Å². The average Bonchev–Trinajstić information content (AvgIpc) is 2.95. The van der Waals surface area contributed by atoms with E-state index in [1.165, 1.54) is 0 Å². The van der Waals surface area contributed by atoms with E-state index in [4.69, 9.17) is 0 Å². The van der Waals surface area contributed by atoms with Gasteiger partial charge in [0.15, 0.2) is 5.69 Å². The number of nitrogens with one attached hydrogen (secondary N) is 2. The van der Waals surface area contributed by atoms with Crippen LogP contribution in [0.15, 0.2) is 24.3 Å². The fourth-order valence-electron chi connectivity index (χ4n) is 4.69. The van der Waals surface area contributed by atoms with Crippen LogP contribution in [0.4, 0.5) is 0 Å². The second-order valence-corrected chi connectivity index (χ2v) is 7.69. The summed E-state index contributed by atoms with van der Waals surface area (Å²) in [5.41, 5.74) is 6.25. The highest BCUT2D eigenvalue weighted by atomic mass is 16.3. The number of fused-ring (bicyclic) bond motifs is 3. The van der Waals surface area contributed by atoms with E-state index in [2.05, 4.69) is 16.0 Å². The van der Waals surface area contributed by atoms with Gasteiger partial charge in [0, 0.05) is 18.4 Å². The van der Waals surface area contributed by atoms with Gasteiger partial charge in [-0.3, -0.25) is 25.1 Å². The van der Waals surface area contributed by atoms with Crippen LogP contribution in [0.25, 0.3) is 10.9 Å². The fourth-order valence-corrected chi connectivity index (χ4v) is 4.69. The fraction of sp³-hybridized carbons (Fsp3) is 0.526. The van der Waals surface area contributed by atoms with Gasteiger partial charge in [0.05, 0.1) is 11.6 Å². The maximum Gasteiger partial charge on any atom is 0.290 e. The zero-order valence-electron chi connectivity index (χ0n) is 14.8. The van der Waals surface area contributed by atoms with Crippen LogP contribution in [0.5, 0.6) is 0 Å². The molecule has 2 aromatic rings. The van der Waals surface area contributed by atoms with Crippen molar-refractivity contribution >= 4 is 22.7 Å². The molecule has 138 valence electrons. The third-order valence-electron chi connectivity index (χ3n) is 5.76. The van der Waals surface area contributed by atoms with Crippen molar-refractivity contribution in [2.75, 3.05) is 0 Å². The average molecular weight is 356 g/mol. The van der Waals surface area contributed by atoms with Crippen molar-refractivity contribution < 1.29 is 14.7 Å². The van der Waals surface area contributed by atoms with Crippen molar-refractivity contribution in [2.24, 2.45) is 24.8 Å². The number of aromatic nitrogens is 2. The summed E-state index contributed by atoms with van der Waals surface area (Å²) in [5, 5.41) is 14.9. The number of nitrogens with zero attached hydrogens (tertiary/aromatic N) is 2. The molecule has 2 fully saturated rings. The Labute approximate surface area is 151 Å². The molecule has 0 saturated heterocycles. The number of amides is 2. The lowest BCUT2D eigenvalue weighted by atomic mass is 9.67. The number of aliphatic hydroxyl groups is 1. The summed E-state index contributed by atoms with van der Waals surface area (Å²) in [6.45, 7) is 0. The van der Waals surface area contributed by atoms with E-state index < -0.39 is 5.91 Å². The van der Waals surface area contributed by atoms with Crippen LogP contribution in [0, 0.1) is 17.8 Å². The third kappa shape index (κ3) is 3.19. The number of aryl methyl sites for hydroxylation is 1. The van der Waals surface area contributed by atoms with E-state index in [0.717, 1.165) is 43.0 Å². The van der Waals surface area contributed by atoms with Gasteiger partial charge in [0.25, 0.3) is 5.91 Å². The number of para-hydroxylation sites is 1. The Hall–Kier alpha value is -2.41. The Kier molecular flexibility index (Phi) is 4.40. The molecule has 7 heteroatoms. The molecule has 2 bridgehead atoms. The largest absolute Gasteiger partial charge is 0.393 e. The van der Waals surface area contributed by atoms with Crippen LogP contribution >= 0.6 is 0 Å². The Morgan fingerprint density at radius 3 is 2.50 bits per heavy atom. The first-order valence-electron chi connectivity index (χ1n) is 9.21. The van der Waals surface area contributed by atoms with Gasteiger partial charge in [0.1, 0.15) is 0 Å². The highest BCUT2D eigenvalue weighted by molar-refractivity contribution is 6.05. The summed E-state index contributed by atoms with van der Waals surface area (Å²) in [5.74, 6) is 0.144. The van der Waals surface area contributed by atoms with E-state index >= 15 is 0 Å². The lowest BCUT2D eigenvalue weighted by molar-refractivity contribution is -0.129. The molecule has 0 radical (unpaired) electrons. The van der Waals surface area contributed by atoms with Gasteiger partial charge in [-0.15, -0.1) is 0 Å². The SMILES string of the molecule is Cn1nc(C(=O)NNC(=O)C2C[C@H]3CC(O)C[C@@H](C2)C3)c2ccccc21. The predicted octanol–water partition coefficient (Wildman–Crippen LogP) is 1.52. The normalized spacial score (nSPS) is 27.9. The molecule has 2 aliphatic rings. The third-order valence-corrected chi connectivity index (χ3v) is 5.76. The van der Waals surface area contributed by atoms with Crippen molar-refractivity contribution in [1.82, 2.24) is 20.6 Å². The van der Waals surface area contributed by atoms with Gasteiger partial charge in [-0.1, -0.05) is 18.2 Å². The van der Waals surface area contributed by atoms with Crippen LogP contribution in [0.1, 0.15) is 42.6 Å². The number of rotatable bonds is 2. The molecule has 4 rings (SSSR count). The molecule has 2 aliphatic carbocycles. The monoisotopic (exact) mass is 356 g/mol. The number of hydrogen-bond acceptors (Lipinski definition) is 4. The highest BCUT2D eigenvalue weighted by Crippen LogP contribution is 2.42. The number of carbonyl (C=O) groups excluding carboxylic acids is 2. The van der Waals surface area contributed by atoms with Gasteiger partial charge < -0.3 is 5.11 Å². The Morgan fingerprint density at radius 1 is 1.08 bits per heavy atom. The first kappa shape index (κ1) is 17.0. The highest BCUT2D eigenvalue weighted by Gasteiger charge is 2.38. The summed E-state index contributed by atoms with van der Waals surface area (Å²) >= 11 is 0. The quantitative estimate of drug-likeness (QED) is 0.711. The summed E-state index contributed by atoms with van der Waals surface area (Å²) in [6, 6.07) is 7.48. The Morgan fingerprint density at radius 2 is 1.77 bits per heavy atom. The van der Waals surface area contributed by atoms with Crippen LogP contribution in [0.3, 0.4) is 0 Å². The molecule has 26 heavy (non-hydrogen) atoms. The van der Waals surface area contributed by atoms with Crippen molar-refractivity contribution in [1.29, 1.82) is 0 Å². The molecule has 2 amide bonds. The molecule has 0 spiro atoms. The number of hydrogen-bond donors (Lipinski definition) is 3. The Balaban J connectivity index is 1.39. The van der Waals surface area contributed by atoms with Crippen LogP contribution in [-0.4, -0.2) is 32.8 Å². The number of carbonyl (C=O) groups is 2.